The second-order valence-electron chi connectivity index (χ2n) is 22.7. The first-order valence-electron chi connectivity index (χ1n) is 28.1. The van der Waals surface area contributed by atoms with E-state index in [1.54, 1.807) is 33.4 Å². The quantitative estimate of drug-likeness (QED) is 0.274. The Balaban J connectivity index is 0.792. The summed E-state index contributed by atoms with van der Waals surface area (Å²) in [5, 5.41) is 0. The molecular weight excluding hydrogens is 883 g/mol. The van der Waals surface area contributed by atoms with E-state index < -0.39 is 0 Å². The van der Waals surface area contributed by atoms with Gasteiger partial charge in [0.2, 0.25) is 0 Å². The van der Waals surface area contributed by atoms with Gasteiger partial charge in [0.25, 0.3) is 0 Å². The number of hydrogen-bond acceptors (Lipinski definition) is 2. The molecule has 0 saturated heterocycles. The Kier molecular flexibility index (Phi) is 10.6. The van der Waals surface area contributed by atoms with Crippen molar-refractivity contribution in [3.05, 3.63) is 283 Å². The molecule has 0 amide bonds. The van der Waals surface area contributed by atoms with E-state index >= 15 is 0 Å². The van der Waals surface area contributed by atoms with E-state index in [-0.39, 0.29) is 17.6 Å². The Morgan fingerprint density at radius 2 is 1.51 bits per heavy atom. The van der Waals surface area contributed by atoms with Crippen LogP contribution in [0.4, 0.5) is 0 Å². The molecule has 1 aliphatic heterocycles. The van der Waals surface area contributed by atoms with Crippen molar-refractivity contribution >= 4 is 0 Å². The molecule has 73 heavy (non-hydrogen) atoms. The Bertz CT molecular complexity index is 3390. The second kappa shape index (κ2) is 17.7. The minimum absolute atomic E-state index is 0.102. The van der Waals surface area contributed by atoms with Crippen LogP contribution in [0, 0.1) is 17.8 Å². The fourth-order valence-electron chi connectivity index (χ4n) is 15.6. The molecule has 0 bridgehead atoms. The third-order valence-corrected chi connectivity index (χ3v) is 19.0. The minimum atomic E-state index is -0.235. The van der Waals surface area contributed by atoms with Gasteiger partial charge in [-0.2, -0.15) is 0 Å². The van der Waals surface area contributed by atoms with Crippen LogP contribution in [0.25, 0.3) is 11.1 Å². The van der Waals surface area contributed by atoms with Gasteiger partial charge in [-0.05, 0) is 203 Å². The highest BCUT2D eigenvalue weighted by molar-refractivity contribution is 5.81. The van der Waals surface area contributed by atoms with E-state index in [0.717, 1.165) is 70.6 Å². The molecule has 2 heteroatoms. The van der Waals surface area contributed by atoms with Gasteiger partial charge >= 0.3 is 0 Å². The van der Waals surface area contributed by atoms with Gasteiger partial charge in [-0.3, -0.25) is 0 Å². The summed E-state index contributed by atoms with van der Waals surface area (Å²) in [6, 6.07) is 18.8. The van der Waals surface area contributed by atoms with Crippen molar-refractivity contribution < 1.29 is 4.74 Å². The van der Waals surface area contributed by atoms with Crippen LogP contribution < -0.4 is 0 Å². The zero-order valence-corrected chi connectivity index (χ0v) is 42.1. The van der Waals surface area contributed by atoms with Crippen LogP contribution in [0.1, 0.15) is 107 Å². The summed E-state index contributed by atoms with van der Waals surface area (Å²) in [5.41, 5.74) is 26.7. The average molecular weight is 948 g/mol. The lowest BCUT2D eigenvalue weighted by atomic mass is 9.64. The van der Waals surface area contributed by atoms with Gasteiger partial charge in [-0.25, -0.2) is 0 Å². The number of rotatable bonds is 7. The Hall–Kier alpha value is -6.90. The minimum Gasteiger partial charge on any atom is -0.485 e. The molecule has 7 atom stereocenters. The summed E-state index contributed by atoms with van der Waals surface area (Å²) in [7, 11) is 0. The Labute approximate surface area is 433 Å². The average Bonchev–Trinajstić information content (AvgIpc) is 4.10. The lowest BCUT2D eigenvalue weighted by Gasteiger charge is -2.43. The standard InChI is InChI=1S/C71H65NO/c1-3-14-46(15-4-1)54-32-39-61-59-20-9-11-24-65(59)71(67(61)44-54)66-25-12-10-21-60(66)62-40-38-57(45-68(62)71)72(55-34-28-48(29-35-55)52-27-26-47-16-7-8-19-51(47)42-52)56-36-30-49(31-37-56)53-33-41-69-64(43-53)63-23-13-22-58(70(63)73-69)50-17-5-2-6-18-50/h1-7,9-11,14-17,21-22,24,28,30,32-34,36-44,49-50,57,59,64,69H,8,12-13,18-20,23,25-27,29,31,35,45H2. The summed E-state index contributed by atoms with van der Waals surface area (Å²) >= 11 is 0. The van der Waals surface area contributed by atoms with Crippen LogP contribution in [-0.4, -0.2) is 17.0 Å². The predicted molar refractivity (Wildman–Crippen MR) is 300 cm³/mol. The maximum absolute atomic E-state index is 6.84. The van der Waals surface area contributed by atoms with E-state index in [1.807, 2.05) is 0 Å². The summed E-state index contributed by atoms with van der Waals surface area (Å²) < 4.78 is 6.84. The summed E-state index contributed by atoms with van der Waals surface area (Å²) in [5.74, 6) is 2.67. The molecule has 1 spiro atoms. The second-order valence-corrected chi connectivity index (χ2v) is 22.7. The fraction of sp³-hybridized carbons (Fsp3) is 0.296. The Morgan fingerprint density at radius 3 is 2.40 bits per heavy atom. The van der Waals surface area contributed by atoms with Crippen LogP contribution in [-0.2, 0) is 10.2 Å². The van der Waals surface area contributed by atoms with Crippen molar-refractivity contribution in [3.8, 4) is 11.1 Å². The van der Waals surface area contributed by atoms with Crippen LogP contribution in [0.5, 0.6) is 0 Å². The molecule has 12 aliphatic carbocycles. The highest BCUT2D eigenvalue weighted by atomic mass is 16.5. The number of nitrogens with zero attached hydrogens (tertiary/aromatic N) is 1. The van der Waals surface area contributed by atoms with Gasteiger partial charge in [-0.15, -0.1) is 0 Å². The van der Waals surface area contributed by atoms with Crippen molar-refractivity contribution in [1.82, 2.24) is 4.90 Å². The number of benzene rings is 2. The number of allylic oxidation sites excluding steroid dienone is 31. The van der Waals surface area contributed by atoms with Crippen molar-refractivity contribution in [3.63, 3.8) is 0 Å². The molecule has 2 aromatic rings. The van der Waals surface area contributed by atoms with Crippen LogP contribution in [0.15, 0.2) is 272 Å². The summed E-state index contributed by atoms with van der Waals surface area (Å²) in [6.07, 6.45) is 71.7. The zero-order valence-electron chi connectivity index (χ0n) is 42.1. The first kappa shape index (κ1) is 43.7. The van der Waals surface area contributed by atoms with Crippen molar-refractivity contribution in [2.75, 3.05) is 0 Å². The third kappa shape index (κ3) is 7.02. The van der Waals surface area contributed by atoms with Crippen molar-refractivity contribution in [2.45, 2.75) is 113 Å². The lowest BCUT2D eigenvalue weighted by Crippen LogP contribution is -2.38. The number of hydrogen-bond donors (Lipinski definition) is 0. The Morgan fingerprint density at radius 1 is 0.603 bits per heavy atom. The highest BCUT2D eigenvalue weighted by Gasteiger charge is 2.57. The van der Waals surface area contributed by atoms with Crippen LogP contribution in [0.3, 0.4) is 0 Å². The molecule has 2 nitrogen and oxygen atoms in total. The van der Waals surface area contributed by atoms with Gasteiger partial charge < -0.3 is 9.64 Å². The smallest absolute Gasteiger partial charge is 0.127 e. The molecule has 0 aromatic heterocycles. The fourth-order valence-corrected chi connectivity index (χ4v) is 15.6. The van der Waals surface area contributed by atoms with Gasteiger partial charge in [0.1, 0.15) is 11.9 Å². The number of fused-ring (bicyclic) bond motifs is 10. The molecule has 15 rings (SSSR count). The largest absolute Gasteiger partial charge is 0.485 e. The predicted octanol–water partition coefficient (Wildman–Crippen LogP) is 17.2. The van der Waals surface area contributed by atoms with Gasteiger partial charge in [-0.1, -0.05) is 164 Å². The highest BCUT2D eigenvalue weighted by Crippen LogP contribution is 2.67. The summed E-state index contributed by atoms with van der Waals surface area (Å²) in [4.78, 5) is 2.79. The molecule has 0 radical (unpaired) electrons. The number of ether oxygens (including phenoxy) is 1. The molecule has 2 aromatic carbocycles. The van der Waals surface area contributed by atoms with Crippen LogP contribution in [0.2, 0.25) is 0 Å². The third-order valence-electron chi connectivity index (χ3n) is 19.0. The maximum atomic E-state index is 6.84. The van der Waals surface area contributed by atoms with E-state index in [4.69, 9.17) is 4.74 Å². The van der Waals surface area contributed by atoms with Gasteiger partial charge in [0.05, 0.1) is 11.5 Å². The lowest BCUT2D eigenvalue weighted by molar-refractivity contribution is 0.167. The normalized spacial score (nSPS) is 30.9. The zero-order chi connectivity index (χ0) is 48.0. The van der Waals surface area contributed by atoms with Crippen molar-refractivity contribution in [1.29, 1.82) is 0 Å². The van der Waals surface area contributed by atoms with E-state index in [2.05, 4.69) is 193 Å². The molecule has 0 saturated carbocycles. The first-order valence-corrected chi connectivity index (χ1v) is 28.1. The SMILES string of the molecule is C1=CCC(C2=CCCC3=C2OC2C=CC(C4C=CC(N(C5=CC=C(C6=CC7=C(C=CCC7)CC6)CC5)C5C=CC6=C(C5)C5(C7=CC=CCC7c7ccc(-c8ccccc8)cc75)C5=C6C=CCC5)=CC4)=CC32)C=C1. The molecular formula is C71H65NO. The first-order chi connectivity index (χ1) is 36.2. The topological polar surface area (TPSA) is 12.5 Å². The molecule has 13 aliphatic rings. The maximum Gasteiger partial charge on any atom is 0.127 e. The van der Waals surface area contributed by atoms with E-state index in [0.29, 0.717) is 23.7 Å². The van der Waals surface area contributed by atoms with Gasteiger partial charge in [0, 0.05) is 35.1 Å². The molecule has 360 valence electrons. The molecule has 0 fully saturated rings. The monoisotopic (exact) mass is 948 g/mol. The summed E-state index contributed by atoms with van der Waals surface area (Å²) in [6.45, 7) is 0. The molecule has 0 N–H and O–H groups in total. The molecule has 1 heterocycles. The van der Waals surface area contributed by atoms with E-state index in [1.165, 1.54) is 92.1 Å². The van der Waals surface area contributed by atoms with Gasteiger partial charge in [0.15, 0.2) is 0 Å². The van der Waals surface area contributed by atoms with Crippen LogP contribution >= 0.6 is 0 Å². The molecule has 7 unspecified atom stereocenters. The van der Waals surface area contributed by atoms with E-state index in [9.17, 15) is 0 Å². The van der Waals surface area contributed by atoms with Crippen molar-refractivity contribution in [2.24, 2.45) is 17.8 Å².